The Balaban J connectivity index is 1.56. The van der Waals surface area contributed by atoms with Crippen LogP contribution in [0.3, 0.4) is 0 Å². The van der Waals surface area contributed by atoms with Crippen molar-refractivity contribution >= 4 is 17.7 Å². The third-order valence-corrected chi connectivity index (χ3v) is 6.01. The zero-order valence-electron chi connectivity index (χ0n) is 18.2. The molecule has 0 amide bonds. The van der Waals surface area contributed by atoms with E-state index in [-0.39, 0.29) is 11.9 Å². The molecule has 0 aliphatic carbocycles. The smallest absolute Gasteiger partial charge is 0.192 e. The summed E-state index contributed by atoms with van der Waals surface area (Å²) in [4.78, 5) is 5.79. The molecule has 0 aliphatic heterocycles. The number of nitrogens with one attached hydrogen (secondary N) is 2. The number of benzene rings is 2. The molecule has 0 aliphatic rings. The summed E-state index contributed by atoms with van der Waals surface area (Å²) in [5.74, 6) is 3.15. The van der Waals surface area contributed by atoms with Crippen molar-refractivity contribution in [2.75, 3.05) is 12.3 Å². The highest BCUT2D eigenvalue weighted by Gasteiger charge is 2.09. The normalized spacial score (nSPS) is 12.6. The fraction of sp³-hybridized carbons (Fsp3) is 0.348. The summed E-state index contributed by atoms with van der Waals surface area (Å²) in [5, 5.41) is 15.2. The second kappa shape index (κ2) is 11.5. The maximum Gasteiger partial charge on any atom is 0.192 e. The van der Waals surface area contributed by atoms with E-state index in [4.69, 9.17) is 4.99 Å². The Morgan fingerprint density at radius 2 is 1.87 bits per heavy atom. The van der Waals surface area contributed by atoms with E-state index in [9.17, 15) is 4.39 Å². The number of aliphatic imine (C=N–C) groups is 1. The molecular weight excluding hydrogens is 411 g/mol. The monoisotopic (exact) mass is 440 g/mol. The molecule has 2 N–H and O–H groups in total. The van der Waals surface area contributed by atoms with Gasteiger partial charge >= 0.3 is 0 Å². The van der Waals surface area contributed by atoms with Crippen LogP contribution in [0.15, 0.2) is 64.5 Å². The first kappa shape index (κ1) is 22.8. The molecule has 0 saturated carbocycles. The maximum atomic E-state index is 13.0. The van der Waals surface area contributed by atoms with Gasteiger partial charge in [0.1, 0.15) is 18.2 Å². The Kier molecular flexibility index (Phi) is 8.46. The Morgan fingerprint density at radius 1 is 1.13 bits per heavy atom. The average molecular weight is 441 g/mol. The van der Waals surface area contributed by atoms with Crippen molar-refractivity contribution < 1.29 is 4.39 Å². The summed E-state index contributed by atoms with van der Waals surface area (Å²) in [7, 11) is 1.94. The molecule has 0 radical (unpaired) electrons. The summed E-state index contributed by atoms with van der Waals surface area (Å²) >= 11 is 1.72. The van der Waals surface area contributed by atoms with Gasteiger partial charge in [0.2, 0.25) is 0 Å². The first-order valence-electron chi connectivity index (χ1n) is 10.4. The van der Waals surface area contributed by atoms with Gasteiger partial charge in [-0.3, -0.25) is 0 Å². The van der Waals surface area contributed by atoms with Crippen molar-refractivity contribution in [3.63, 3.8) is 0 Å². The molecule has 3 aromatic rings. The highest BCUT2D eigenvalue weighted by atomic mass is 32.2. The topological polar surface area (TPSA) is 67.1 Å². The van der Waals surface area contributed by atoms with Crippen LogP contribution in [0.5, 0.6) is 0 Å². The molecule has 0 spiro atoms. The molecule has 0 bridgehead atoms. The number of guanidine groups is 1. The number of nitrogens with zero attached hydrogens (tertiary/aromatic N) is 4. The third kappa shape index (κ3) is 7.10. The van der Waals surface area contributed by atoms with Crippen molar-refractivity contribution in [1.82, 2.24) is 25.4 Å². The van der Waals surface area contributed by atoms with E-state index in [0.29, 0.717) is 6.54 Å². The number of thioether (sulfide) groups is 1. The highest BCUT2D eigenvalue weighted by Crippen LogP contribution is 2.18. The van der Waals surface area contributed by atoms with Crippen molar-refractivity contribution in [2.45, 2.75) is 37.8 Å². The molecule has 31 heavy (non-hydrogen) atoms. The van der Waals surface area contributed by atoms with Crippen LogP contribution in [0.25, 0.3) is 0 Å². The molecule has 8 heteroatoms. The molecule has 3 rings (SSSR count). The van der Waals surface area contributed by atoms with E-state index < -0.39 is 0 Å². The minimum absolute atomic E-state index is 0.113. The molecule has 2 aromatic carbocycles. The van der Waals surface area contributed by atoms with Crippen LogP contribution in [0.1, 0.15) is 36.6 Å². The highest BCUT2D eigenvalue weighted by molar-refractivity contribution is 7.99. The number of rotatable bonds is 9. The van der Waals surface area contributed by atoms with Crippen molar-refractivity contribution in [1.29, 1.82) is 0 Å². The van der Waals surface area contributed by atoms with E-state index in [1.165, 1.54) is 17.7 Å². The van der Waals surface area contributed by atoms with Crippen LogP contribution < -0.4 is 10.6 Å². The van der Waals surface area contributed by atoms with Gasteiger partial charge in [-0.2, -0.15) is 0 Å². The van der Waals surface area contributed by atoms with Gasteiger partial charge in [-0.1, -0.05) is 30.3 Å². The number of aryl methyl sites for hydroxylation is 1. The number of halogens is 1. The molecule has 1 atom stereocenters. The van der Waals surface area contributed by atoms with Gasteiger partial charge < -0.3 is 15.2 Å². The van der Waals surface area contributed by atoms with Gasteiger partial charge in [-0.15, -0.1) is 22.0 Å². The van der Waals surface area contributed by atoms with Crippen molar-refractivity contribution in [3.05, 3.63) is 77.6 Å². The van der Waals surface area contributed by atoms with Gasteiger partial charge in [0.15, 0.2) is 11.8 Å². The van der Waals surface area contributed by atoms with E-state index in [1.54, 1.807) is 11.8 Å². The molecule has 164 valence electrons. The largest absolute Gasteiger partial charge is 0.356 e. The van der Waals surface area contributed by atoms with E-state index >= 15 is 0 Å². The third-order valence-electron chi connectivity index (χ3n) is 4.91. The number of hydrogen-bond acceptors (Lipinski definition) is 4. The summed E-state index contributed by atoms with van der Waals surface area (Å²) in [5.41, 5.74) is 1.19. The van der Waals surface area contributed by atoms with Crippen LogP contribution in [-0.2, 0) is 13.6 Å². The standard InChI is InChI=1S/C23H29FN6S/c1-17(19-8-5-4-6-9-19)27-23(26-16-22-29-28-18(2)30(22)3)25-14-7-15-31-21-12-10-20(24)11-13-21/h4-6,8-13,17H,7,14-16H2,1-3H3,(H2,25,26,27). The Hall–Kier alpha value is -2.87. The summed E-state index contributed by atoms with van der Waals surface area (Å²) in [6.07, 6.45) is 0.950. The van der Waals surface area contributed by atoms with E-state index in [2.05, 4.69) is 39.9 Å². The zero-order chi connectivity index (χ0) is 22.1. The SMILES string of the molecule is Cc1nnc(CN=C(NCCCSc2ccc(F)cc2)NC(C)c2ccccc2)n1C. The van der Waals surface area contributed by atoms with E-state index in [1.807, 2.05) is 48.9 Å². The Labute approximate surface area is 187 Å². The molecule has 0 saturated heterocycles. The minimum Gasteiger partial charge on any atom is -0.356 e. The average Bonchev–Trinajstić information content (AvgIpc) is 3.11. The Morgan fingerprint density at radius 3 is 2.55 bits per heavy atom. The summed E-state index contributed by atoms with van der Waals surface area (Å²) in [6, 6.07) is 17.0. The van der Waals surface area contributed by atoms with Crippen molar-refractivity contribution in [2.24, 2.45) is 12.0 Å². The van der Waals surface area contributed by atoms with Crippen LogP contribution in [0, 0.1) is 12.7 Å². The lowest BCUT2D eigenvalue weighted by Gasteiger charge is -2.19. The molecule has 1 heterocycles. The molecular formula is C23H29FN6S. The Bertz CT molecular complexity index is 971. The molecule has 6 nitrogen and oxygen atoms in total. The van der Waals surface area contributed by atoms with Crippen LogP contribution in [0.4, 0.5) is 4.39 Å². The lowest BCUT2D eigenvalue weighted by Crippen LogP contribution is -2.39. The maximum absolute atomic E-state index is 13.0. The molecule has 0 fully saturated rings. The second-order valence-electron chi connectivity index (χ2n) is 7.25. The quantitative estimate of drug-likeness (QED) is 0.225. The predicted molar refractivity (Wildman–Crippen MR) is 125 cm³/mol. The minimum atomic E-state index is -0.205. The summed E-state index contributed by atoms with van der Waals surface area (Å²) < 4.78 is 15.0. The van der Waals surface area contributed by atoms with Gasteiger partial charge in [-0.25, -0.2) is 9.38 Å². The predicted octanol–water partition coefficient (Wildman–Crippen LogP) is 4.24. The van der Waals surface area contributed by atoms with Crippen LogP contribution in [-0.4, -0.2) is 33.0 Å². The van der Waals surface area contributed by atoms with Crippen molar-refractivity contribution in [3.8, 4) is 0 Å². The van der Waals surface area contributed by atoms with Gasteiger partial charge in [0.25, 0.3) is 0 Å². The van der Waals surface area contributed by atoms with Gasteiger partial charge in [0, 0.05) is 18.5 Å². The first-order chi connectivity index (χ1) is 15.0. The molecule has 1 aromatic heterocycles. The molecule has 1 unspecified atom stereocenters. The van der Waals surface area contributed by atoms with Crippen LogP contribution >= 0.6 is 11.8 Å². The number of aromatic nitrogens is 3. The zero-order valence-corrected chi connectivity index (χ0v) is 19.0. The first-order valence-corrected chi connectivity index (χ1v) is 11.3. The van der Waals surface area contributed by atoms with Gasteiger partial charge in [0.05, 0.1) is 6.04 Å². The second-order valence-corrected chi connectivity index (χ2v) is 8.42. The van der Waals surface area contributed by atoms with Gasteiger partial charge in [-0.05, 0) is 55.9 Å². The van der Waals surface area contributed by atoms with E-state index in [0.717, 1.165) is 41.2 Å². The fourth-order valence-corrected chi connectivity index (χ4v) is 3.77. The number of hydrogen-bond donors (Lipinski definition) is 2. The lowest BCUT2D eigenvalue weighted by molar-refractivity contribution is 0.626. The van der Waals surface area contributed by atoms with Crippen LogP contribution in [0.2, 0.25) is 0 Å². The lowest BCUT2D eigenvalue weighted by atomic mass is 10.1. The fourth-order valence-electron chi connectivity index (χ4n) is 2.92. The summed E-state index contributed by atoms with van der Waals surface area (Å²) in [6.45, 7) is 5.26.